The molecule has 0 fully saturated rings. The van der Waals surface area contributed by atoms with Gasteiger partial charge in [0.1, 0.15) is 17.2 Å². The predicted octanol–water partition coefficient (Wildman–Crippen LogP) is 4.86. The van der Waals surface area contributed by atoms with Gasteiger partial charge in [0.15, 0.2) is 0 Å². The molecule has 8 heteroatoms. The maximum Gasteiger partial charge on any atom is 0.264 e. The second-order valence-electron chi connectivity index (χ2n) is 7.84. The van der Waals surface area contributed by atoms with Crippen LogP contribution in [0, 0.1) is 5.41 Å². The molecule has 2 heterocycles. The second-order valence-corrected chi connectivity index (χ2v) is 9.53. The lowest BCUT2D eigenvalue weighted by Crippen LogP contribution is -2.19. The molecule has 3 aromatic rings. The Morgan fingerprint density at radius 2 is 1.68 bits per heavy atom. The van der Waals surface area contributed by atoms with Crippen LogP contribution in [-0.2, 0) is 14.8 Å². The SMILES string of the molecule is CC1(C)C=C(c2cc(Oc3ccccc3)nc(NS(=O)(=O)c3ccccc3)n2)OCC1. The zero-order valence-electron chi connectivity index (χ0n) is 17.3. The Bertz CT molecular complexity index is 1190. The molecule has 0 unspecified atom stereocenters. The molecule has 0 bridgehead atoms. The first-order valence-corrected chi connectivity index (χ1v) is 11.3. The number of hydrogen-bond donors (Lipinski definition) is 1. The molecule has 0 spiro atoms. The standard InChI is InChI=1S/C23H23N3O4S/c1-23(2)13-14-29-20(16-23)19-15-21(30-17-9-5-3-6-10-17)25-22(24-19)26-31(27,28)18-11-7-4-8-12-18/h3-12,15-16H,13-14H2,1-2H3,(H,24,25,26). The van der Waals surface area contributed by atoms with Gasteiger partial charge in [0.2, 0.25) is 11.8 Å². The van der Waals surface area contributed by atoms with Crippen molar-refractivity contribution in [2.24, 2.45) is 5.41 Å². The third-order valence-electron chi connectivity index (χ3n) is 4.73. The molecule has 1 aromatic heterocycles. The molecule has 1 aliphatic heterocycles. The lowest BCUT2D eigenvalue weighted by Gasteiger charge is -2.27. The maximum atomic E-state index is 12.8. The van der Waals surface area contributed by atoms with Crippen LogP contribution in [0.2, 0.25) is 0 Å². The van der Waals surface area contributed by atoms with Gasteiger partial charge < -0.3 is 9.47 Å². The fraction of sp³-hybridized carbons (Fsp3) is 0.217. The molecule has 0 aliphatic carbocycles. The number of nitrogens with one attached hydrogen (secondary N) is 1. The van der Waals surface area contributed by atoms with E-state index in [9.17, 15) is 8.42 Å². The Kier molecular flexibility index (Phi) is 5.65. The van der Waals surface area contributed by atoms with E-state index in [4.69, 9.17) is 9.47 Å². The van der Waals surface area contributed by atoms with E-state index in [1.54, 1.807) is 36.4 Å². The molecule has 0 radical (unpaired) electrons. The largest absolute Gasteiger partial charge is 0.492 e. The first-order valence-electron chi connectivity index (χ1n) is 9.87. The maximum absolute atomic E-state index is 12.8. The molecule has 1 N–H and O–H groups in total. The van der Waals surface area contributed by atoms with Gasteiger partial charge in [-0.1, -0.05) is 50.2 Å². The van der Waals surface area contributed by atoms with Crippen LogP contribution >= 0.6 is 0 Å². The van der Waals surface area contributed by atoms with E-state index in [-0.39, 0.29) is 22.1 Å². The van der Waals surface area contributed by atoms with Gasteiger partial charge in [0, 0.05) is 6.07 Å². The third-order valence-corrected chi connectivity index (χ3v) is 6.07. The number of benzene rings is 2. The number of rotatable bonds is 6. The number of anilines is 1. The van der Waals surface area contributed by atoms with Crippen molar-refractivity contribution in [2.45, 2.75) is 25.2 Å². The lowest BCUT2D eigenvalue weighted by molar-refractivity contribution is 0.202. The van der Waals surface area contributed by atoms with E-state index in [1.165, 1.54) is 12.1 Å². The van der Waals surface area contributed by atoms with Gasteiger partial charge in [-0.25, -0.2) is 18.1 Å². The zero-order valence-corrected chi connectivity index (χ0v) is 18.1. The molecular formula is C23H23N3O4S. The van der Waals surface area contributed by atoms with E-state index in [0.29, 0.717) is 23.8 Å². The van der Waals surface area contributed by atoms with Crippen LogP contribution < -0.4 is 9.46 Å². The second kappa shape index (κ2) is 8.39. The third kappa shape index (κ3) is 5.21. The van der Waals surface area contributed by atoms with Crippen LogP contribution in [0.15, 0.2) is 77.7 Å². The average molecular weight is 438 g/mol. The number of para-hydroxylation sites is 1. The smallest absolute Gasteiger partial charge is 0.264 e. The molecule has 0 atom stereocenters. The van der Waals surface area contributed by atoms with E-state index in [1.807, 2.05) is 24.3 Å². The predicted molar refractivity (Wildman–Crippen MR) is 118 cm³/mol. The van der Waals surface area contributed by atoms with Gasteiger partial charge in [-0.3, -0.25) is 0 Å². The summed E-state index contributed by atoms with van der Waals surface area (Å²) in [4.78, 5) is 8.78. The van der Waals surface area contributed by atoms with Crippen LogP contribution in [0.4, 0.5) is 5.95 Å². The summed E-state index contributed by atoms with van der Waals surface area (Å²) in [6.45, 7) is 4.76. The summed E-state index contributed by atoms with van der Waals surface area (Å²) >= 11 is 0. The lowest BCUT2D eigenvalue weighted by atomic mass is 9.87. The minimum atomic E-state index is -3.86. The number of nitrogens with zero attached hydrogens (tertiary/aromatic N) is 2. The molecule has 160 valence electrons. The number of allylic oxidation sites excluding steroid dienone is 1. The van der Waals surface area contributed by atoms with Crippen LogP contribution in [-0.4, -0.2) is 25.0 Å². The van der Waals surface area contributed by atoms with Crippen molar-refractivity contribution in [2.75, 3.05) is 11.3 Å². The van der Waals surface area contributed by atoms with Gasteiger partial charge in [0.25, 0.3) is 10.0 Å². The summed E-state index contributed by atoms with van der Waals surface area (Å²) in [5.74, 6) is 1.25. The van der Waals surface area contributed by atoms with Crippen molar-refractivity contribution in [3.63, 3.8) is 0 Å². The molecule has 0 amide bonds. The summed E-state index contributed by atoms with van der Waals surface area (Å²) in [6.07, 6.45) is 2.86. The van der Waals surface area contributed by atoms with Gasteiger partial charge in [-0.2, -0.15) is 4.98 Å². The minimum absolute atomic E-state index is 0.0668. The van der Waals surface area contributed by atoms with Crippen molar-refractivity contribution in [1.82, 2.24) is 9.97 Å². The van der Waals surface area contributed by atoms with Crippen LogP contribution in [0.5, 0.6) is 11.6 Å². The molecule has 2 aromatic carbocycles. The van der Waals surface area contributed by atoms with Crippen molar-refractivity contribution in [3.8, 4) is 11.6 Å². The highest BCUT2D eigenvalue weighted by molar-refractivity contribution is 7.92. The Morgan fingerprint density at radius 3 is 2.35 bits per heavy atom. The van der Waals surface area contributed by atoms with Crippen LogP contribution in [0.1, 0.15) is 26.0 Å². The monoisotopic (exact) mass is 437 g/mol. The number of ether oxygens (including phenoxy) is 2. The highest BCUT2D eigenvalue weighted by Gasteiger charge is 2.25. The number of hydrogen-bond acceptors (Lipinski definition) is 6. The molecule has 1 aliphatic rings. The molecule has 0 saturated carbocycles. The minimum Gasteiger partial charge on any atom is -0.492 e. The van der Waals surface area contributed by atoms with Crippen LogP contribution in [0.3, 0.4) is 0 Å². The summed E-state index contributed by atoms with van der Waals surface area (Å²) in [6, 6.07) is 18.8. The highest BCUT2D eigenvalue weighted by Crippen LogP contribution is 2.34. The number of sulfonamides is 1. The molecule has 4 rings (SSSR count). The Labute approximate surface area is 181 Å². The zero-order chi connectivity index (χ0) is 21.9. The topological polar surface area (TPSA) is 90.4 Å². The quantitative estimate of drug-likeness (QED) is 0.592. The van der Waals surface area contributed by atoms with Gasteiger partial charge in [-0.05, 0) is 42.2 Å². The number of aromatic nitrogens is 2. The molecule has 0 saturated heterocycles. The van der Waals surface area contributed by atoms with Crippen molar-refractivity contribution in [1.29, 1.82) is 0 Å². The molecular weight excluding hydrogens is 414 g/mol. The Balaban J connectivity index is 1.73. The fourth-order valence-electron chi connectivity index (χ4n) is 3.08. The van der Waals surface area contributed by atoms with Gasteiger partial charge in [0.05, 0.1) is 11.5 Å². The summed E-state index contributed by atoms with van der Waals surface area (Å²) in [5, 5.41) is 0. The summed E-state index contributed by atoms with van der Waals surface area (Å²) in [7, 11) is -3.86. The molecule has 7 nitrogen and oxygen atoms in total. The fourth-order valence-corrected chi connectivity index (χ4v) is 4.04. The first kappa shape index (κ1) is 20.9. The average Bonchev–Trinajstić information content (AvgIpc) is 2.74. The molecule has 31 heavy (non-hydrogen) atoms. The normalized spacial score (nSPS) is 15.5. The first-order chi connectivity index (χ1) is 14.8. The summed E-state index contributed by atoms with van der Waals surface area (Å²) < 4.78 is 39.7. The Morgan fingerprint density at radius 1 is 1.00 bits per heavy atom. The van der Waals surface area contributed by atoms with Crippen molar-refractivity contribution in [3.05, 3.63) is 78.5 Å². The van der Waals surface area contributed by atoms with Gasteiger partial charge >= 0.3 is 0 Å². The highest BCUT2D eigenvalue weighted by atomic mass is 32.2. The van der Waals surface area contributed by atoms with Crippen molar-refractivity contribution >= 4 is 21.7 Å². The van der Waals surface area contributed by atoms with Crippen molar-refractivity contribution < 1.29 is 17.9 Å². The Hall–Kier alpha value is -3.39. The van der Waals surface area contributed by atoms with Gasteiger partial charge in [-0.15, -0.1) is 0 Å². The van der Waals surface area contributed by atoms with E-state index in [2.05, 4.69) is 28.5 Å². The van der Waals surface area contributed by atoms with E-state index < -0.39 is 10.0 Å². The van der Waals surface area contributed by atoms with E-state index in [0.717, 1.165) is 6.42 Å². The van der Waals surface area contributed by atoms with Crippen LogP contribution in [0.25, 0.3) is 5.76 Å². The summed E-state index contributed by atoms with van der Waals surface area (Å²) in [5.41, 5.74) is 0.377. The van der Waals surface area contributed by atoms with E-state index >= 15 is 0 Å².